The van der Waals surface area contributed by atoms with Crippen molar-refractivity contribution < 1.29 is 24.0 Å². The van der Waals surface area contributed by atoms with Gasteiger partial charge in [-0.2, -0.15) is 0 Å². The van der Waals surface area contributed by atoms with Crippen LogP contribution in [0.2, 0.25) is 0 Å². The molecule has 0 fully saturated rings. The molecule has 2 rings (SSSR count). The third kappa shape index (κ3) is 10.8. The number of ketones is 1. The van der Waals surface area contributed by atoms with E-state index < -0.39 is 47.0 Å². The molecule has 9 nitrogen and oxygen atoms in total. The van der Waals surface area contributed by atoms with Gasteiger partial charge < -0.3 is 21.3 Å². The first-order chi connectivity index (χ1) is 19.9. The zero-order valence-electron chi connectivity index (χ0n) is 27.2. The van der Waals surface area contributed by atoms with Crippen LogP contribution in [0.25, 0.3) is 0 Å². The summed E-state index contributed by atoms with van der Waals surface area (Å²) < 4.78 is 0. The Morgan fingerprint density at radius 3 is 2.00 bits per heavy atom. The average molecular weight is 595 g/mol. The predicted octanol–water partition coefficient (Wildman–Crippen LogP) is 4.01. The predicted molar refractivity (Wildman–Crippen MR) is 169 cm³/mol. The van der Waals surface area contributed by atoms with Gasteiger partial charge in [0, 0.05) is 12.1 Å². The minimum atomic E-state index is -1.08. The van der Waals surface area contributed by atoms with Crippen LogP contribution in [0.5, 0.6) is 0 Å². The molecule has 3 atom stereocenters. The average Bonchev–Trinajstić information content (AvgIpc) is 3.21. The number of allylic oxidation sites excluding steroid dienone is 2. The van der Waals surface area contributed by atoms with Gasteiger partial charge in [-0.3, -0.25) is 24.0 Å². The molecule has 236 valence electrons. The molecular formula is C34H50N4O5. The molecule has 1 aliphatic rings. The first kappa shape index (κ1) is 35.4. The second kappa shape index (κ2) is 15.1. The Balaban J connectivity index is 2.02. The Morgan fingerprint density at radius 2 is 1.44 bits per heavy atom. The SMILES string of the molecule is CC(NC(=O)C(NC(=O)C1=CCCCC=C1)C(C)(C)C)C(=O)NC(C(=O)C(=O)NCc1ccc(C(C)(C)C)cc1)C(C)C. The third-order valence-corrected chi connectivity index (χ3v) is 7.40. The lowest BCUT2D eigenvalue weighted by molar-refractivity contribution is -0.141. The molecule has 0 saturated carbocycles. The van der Waals surface area contributed by atoms with Crippen molar-refractivity contribution in [1.82, 2.24) is 21.3 Å². The van der Waals surface area contributed by atoms with Crippen molar-refractivity contribution in [1.29, 1.82) is 0 Å². The highest BCUT2D eigenvalue weighted by Crippen LogP contribution is 2.23. The van der Waals surface area contributed by atoms with Gasteiger partial charge in [0.05, 0.1) is 6.04 Å². The number of hydrogen-bond donors (Lipinski definition) is 4. The lowest BCUT2D eigenvalue weighted by Gasteiger charge is -2.31. The lowest BCUT2D eigenvalue weighted by Crippen LogP contribution is -2.59. The maximum Gasteiger partial charge on any atom is 0.289 e. The van der Waals surface area contributed by atoms with E-state index in [2.05, 4.69) is 42.0 Å². The Kier molecular flexibility index (Phi) is 12.5. The molecule has 0 radical (unpaired) electrons. The second-order valence-corrected chi connectivity index (χ2v) is 13.7. The zero-order valence-corrected chi connectivity index (χ0v) is 27.2. The third-order valence-electron chi connectivity index (χ3n) is 7.40. The van der Waals surface area contributed by atoms with E-state index in [1.54, 1.807) is 19.9 Å². The van der Waals surface area contributed by atoms with Gasteiger partial charge in [-0.15, -0.1) is 0 Å². The van der Waals surface area contributed by atoms with E-state index in [9.17, 15) is 24.0 Å². The fraction of sp³-hybridized carbons (Fsp3) is 0.559. The van der Waals surface area contributed by atoms with Crippen molar-refractivity contribution in [3.63, 3.8) is 0 Å². The standard InChI is InChI=1S/C34H50N4O5/c1-21(2)26(27(39)31(42)35-20-23-16-18-25(19-17-23)33(4,5)6)37-29(40)22(3)36-32(43)28(34(7,8)9)38-30(41)24-14-12-10-11-13-15-24/h12,14-19,21-22,26,28H,10-11,13,20H2,1-9H3,(H,35,42)(H,36,43)(H,37,40)(H,38,41). The summed E-state index contributed by atoms with van der Waals surface area (Å²) in [4.78, 5) is 65.1. The second-order valence-electron chi connectivity index (χ2n) is 13.7. The zero-order chi connectivity index (χ0) is 32.5. The summed E-state index contributed by atoms with van der Waals surface area (Å²) in [7, 11) is 0. The van der Waals surface area contributed by atoms with Crippen molar-refractivity contribution in [3.05, 3.63) is 59.2 Å². The molecule has 0 saturated heterocycles. The number of carbonyl (C=O) groups excluding carboxylic acids is 5. The molecule has 9 heteroatoms. The van der Waals surface area contributed by atoms with E-state index in [0.29, 0.717) is 5.57 Å². The van der Waals surface area contributed by atoms with Crippen LogP contribution in [-0.4, -0.2) is 47.5 Å². The molecule has 0 heterocycles. The van der Waals surface area contributed by atoms with Gasteiger partial charge in [-0.1, -0.05) is 97.9 Å². The maximum absolute atomic E-state index is 13.3. The van der Waals surface area contributed by atoms with E-state index in [-0.39, 0.29) is 23.8 Å². The Morgan fingerprint density at radius 1 is 0.814 bits per heavy atom. The number of hydrogen-bond acceptors (Lipinski definition) is 5. The highest BCUT2D eigenvalue weighted by Gasteiger charge is 2.36. The van der Waals surface area contributed by atoms with Crippen LogP contribution in [-0.2, 0) is 35.9 Å². The summed E-state index contributed by atoms with van der Waals surface area (Å²) in [5, 5.41) is 10.8. The van der Waals surface area contributed by atoms with Gasteiger partial charge in [0.15, 0.2) is 0 Å². The largest absolute Gasteiger partial charge is 0.345 e. The van der Waals surface area contributed by atoms with E-state index in [1.165, 1.54) is 6.92 Å². The topological polar surface area (TPSA) is 133 Å². The van der Waals surface area contributed by atoms with Crippen molar-refractivity contribution in [2.45, 2.75) is 112 Å². The van der Waals surface area contributed by atoms with E-state index in [4.69, 9.17) is 0 Å². The van der Waals surface area contributed by atoms with Crippen LogP contribution in [0.4, 0.5) is 0 Å². The Bertz CT molecular complexity index is 1230. The van der Waals surface area contributed by atoms with Crippen LogP contribution >= 0.6 is 0 Å². The van der Waals surface area contributed by atoms with Crippen LogP contribution in [0.1, 0.15) is 92.7 Å². The summed E-state index contributed by atoms with van der Waals surface area (Å²) in [6.07, 6.45) is 8.17. The van der Waals surface area contributed by atoms with Gasteiger partial charge >= 0.3 is 0 Å². The Hall–Kier alpha value is -3.75. The van der Waals surface area contributed by atoms with Gasteiger partial charge in [-0.05, 0) is 54.1 Å². The quantitative estimate of drug-likeness (QED) is 0.287. The van der Waals surface area contributed by atoms with Crippen molar-refractivity contribution in [2.24, 2.45) is 11.3 Å². The number of amides is 4. The Labute approximate surface area is 256 Å². The van der Waals surface area contributed by atoms with Crippen molar-refractivity contribution in [3.8, 4) is 0 Å². The van der Waals surface area contributed by atoms with Gasteiger partial charge in [0.25, 0.3) is 11.8 Å². The van der Waals surface area contributed by atoms with Crippen LogP contribution < -0.4 is 21.3 Å². The van der Waals surface area contributed by atoms with Crippen LogP contribution in [0.3, 0.4) is 0 Å². The molecule has 0 bridgehead atoms. The highest BCUT2D eigenvalue weighted by atomic mass is 16.2. The van der Waals surface area contributed by atoms with Gasteiger partial charge in [0.1, 0.15) is 12.1 Å². The van der Waals surface area contributed by atoms with Gasteiger partial charge in [-0.25, -0.2) is 0 Å². The number of benzene rings is 1. The smallest absolute Gasteiger partial charge is 0.289 e. The summed E-state index contributed by atoms with van der Waals surface area (Å²) in [5.74, 6) is -3.43. The summed E-state index contributed by atoms with van der Waals surface area (Å²) in [6.45, 7) is 16.9. The summed E-state index contributed by atoms with van der Waals surface area (Å²) >= 11 is 0. The van der Waals surface area contributed by atoms with Crippen LogP contribution in [0, 0.1) is 11.3 Å². The molecule has 0 aliphatic heterocycles. The first-order valence-electron chi connectivity index (χ1n) is 15.1. The summed E-state index contributed by atoms with van der Waals surface area (Å²) in [6, 6.07) is 4.80. The number of rotatable bonds is 11. The van der Waals surface area contributed by atoms with E-state index in [0.717, 1.165) is 30.4 Å². The van der Waals surface area contributed by atoms with Crippen molar-refractivity contribution in [2.75, 3.05) is 0 Å². The van der Waals surface area contributed by atoms with Crippen molar-refractivity contribution >= 4 is 29.4 Å². The van der Waals surface area contributed by atoms with E-state index >= 15 is 0 Å². The highest BCUT2D eigenvalue weighted by molar-refractivity contribution is 6.38. The maximum atomic E-state index is 13.3. The molecule has 0 aromatic heterocycles. The fourth-order valence-electron chi connectivity index (χ4n) is 4.54. The molecule has 43 heavy (non-hydrogen) atoms. The number of nitrogens with one attached hydrogen (secondary N) is 4. The normalized spacial score (nSPS) is 15.8. The van der Waals surface area contributed by atoms with Gasteiger partial charge in [0.2, 0.25) is 17.6 Å². The van der Waals surface area contributed by atoms with Crippen LogP contribution in [0.15, 0.2) is 48.1 Å². The lowest BCUT2D eigenvalue weighted by atomic mass is 9.85. The van der Waals surface area contributed by atoms with E-state index in [1.807, 2.05) is 57.2 Å². The molecular weight excluding hydrogens is 544 g/mol. The molecule has 0 spiro atoms. The molecule has 1 aromatic carbocycles. The first-order valence-corrected chi connectivity index (χ1v) is 15.1. The minimum Gasteiger partial charge on any atom is -0.345 e. The molecule has 4 amide bonds. The summed E-state index contributed by atoms with van der Waals surface area (Å²) in [5.41, 5.74) is 1.87. The number of Topliss-reactive ketones (excluding diaryl/α,β-unsaturated/α-hetero) is 1. The molecule has 1 aromatic rings. The molecule has 4 N–H and O–H groups in total. The fourth-order valence-corrected chi connectivity index (χ4v) is 4.54. The monoisotopic (exact) mass is 594 g/mol. The minimum absolute atomic E-state index is 0.00244. The molecule has 3 unspecified atom stereocenters. The number of carbonyl (C=O) groups is 5. The molecule has 1 aliphatic carbocycles.